The molecule has 4 nitrogen and oxygen atoms in total. The van der Waals surface area contributed by atoms with E-state index in [0.717, 1.165) is 5.56 Å². The number of nitrogens with zero attached hydrogens (tertiary/aromatic N) is 1. The molecular weight excluding hydrogens is 245 g/mol. The zero-order chi connectivity index (χ0) is 13.9. The van der Waals surface area contributed by atoms with Crippen molar-refractivity contribution in [2.45, 2.75) is 12.3 Å². The number of nitrogens with one attached hydrogen (secondary N) is 2. The second-order valence-electron chi connectivity index (χ2n) is 4.21. The van der Waals surface area contributed by atoms with E-state index in [-0.39, 0.29) is 19.2 Å². The van der Waals surface area contributed by atoms with Gasteiger partial charge < -0.3 is 15.7 Å². The smallest absolute Gasteiger partial charge is 0.191 e. The summed E-state index contributed by atoms with van der Waals surface area (Å²) in [7, 11) is 1.67. The largest absolute Gasteiger partial charge is 0.396 e. The van der Waals surface area contributed by atoms with Crippen LogP contribution in [0.5, 0.6) is 0 Å². The van der Waals surface area contributed by atoms with E-state index in [2.05, 4.69) is 15.6 Å². The van der Waals surface area contributed by atoms with E-state index in [9.17, 15) is 9.50 Å². The third-order valence-electron chi connectivity index (χ3n) is 2.83. The zero-order valence-corrected chi connectivity index (χ0v) is 11.3. The Kier molecular flexibility index (Phi) is 7.58. The lowest BCUT2D eigenvalue weighted by Crippen LogP contribution is -2.40. The maximum absolute atomic E-state index is 12.0. The Morgan fingerprint density at radius 1 is 1.32 bits per heavy atom. The van der Waals surface area contributed by atoms with Crippen molar-refractivity contribution < 1.29 is 9.50 Å². The Morgan fingerprint density at radius 2 is 2.05 bits per heavy atom. The molecule has 0 radical (unpaired) electrons. The summed E-state index contributed by atoms with van der Waals surface area (Å²) >= 11 is 0. The number of benzene rings is 1. The van der Waals surface area contributed by atoms with Gasteiger partial charge in [-0.1, -0.05) is 30.3 Å². The predicted octanol–water partition coefficient (Wildman–Crippen LogP) is 1.29. The fourth-order valence-corrected chi connectivity index (χ4v) is 1.73. The summed E-state index contributed by atoms with van der Waals surface area (Å²) < 4.78 is 12.0. The van der Waals surface area contributed by atoms with Crippen LogP contribution in [0.1, 0.15) is 17.9 Å². The molecule has 0 aliphatic carbocycles. The van der Waals surface area contributed by atoms with E-state index in [0.29, 0.717) is 25.5 Å². The molecule has 1 atom stereocenters. The molecule has 3 N–H and O–H groups in total. The van der Waals surface area contributed by atoms with Gasteiger partial charge in [-0.05, 0) is 12.0 Å². The van der Waals surface area contributed by atoms with Crippen LogP contribution in [0.25, 0.3) is 0 Å². The monoisotopic (exact) mass is 267 g/mol. The van der Waals surface area contributed by atoms with Crippen molar-refractivity contribution in [3.8, 4) is 0 Å². The average molecular weight is 267 g/mol. The van der Waals surface area contributed by atoms with Crippen molar-refractivity contribution in [2.24, 2.45) is 4.99 Å². The van der Waals surface area contributed by atoms with Crippen molar-refractivity contribution in [3.63, 3.8) is 0 Å². The van der Waals surface area contributed by atoms with Crippen molar-refractivity contribution in [1.82, 2.24) is 10.6 Å². The molecule has 0 aliphatic heterocycles. The Morgan fingerprint density at radius 3 is 2.63 bits per heavy atom. The number of aliphatic imine (C=N–C) groups is 1. The molecule has 1 unspecified atom stereocenters. The van der Waals surface area contributed by atoms with Crippen LogP contribution in [0.4, 0.5) is 4.39 Å². The van der Waals surface area contributed by atoms with E-state index in [1.54, 1.807) is 7.05 Å². The second-order valence-corrected chi connectivity index (χ2v) is 4.21. The highest BCUT2D eigenvalue weighted by Gasteiger charge is 2.10. The first-order valence-electron chi connectivity index (χ1n) is 6.48. The van der Waals surface area contributed by atoms with Crippen molar-refractivity contribution in [3.05, 3.63) is 35.9 Å². The number of halogens is 1. The first-order valence-corrected chi connectivity index (χ1v) is 6.48. The van der Waals surface area contributed by atoms with E-state index >= 15 is 0 Å². The number of aliphatic hydroxyl groups is 1. The number of hydrogen-bond donors (Lipinski definition) is 3. The Labute approximate surface area is 113 Å². The summed E-state index contributed by atoms with van der Waals surface area (Å²) in [4.78, 5) is 4.05. The average Bonchev–Trinajstić information content (AvgIpc) is 2.47. The van der Waals surface area contributed by atoms with Gasteiger partial charge in [-0.15, -0.1) is 0 Å². The highest BCUT2D eigenvalue weighted by atomic mass is 19.1. The van der Waals surface area contributed by atoms with E-state index in [4.69, 9.17) is 0 Å². The maximum atomic E-state index is 12.0. The molecule has 0 saturated heterocycles. The lowest BCUT2D eigenvalue weighted by molar-refractivity contribution is 0.265. The number of aliphatic hydroxyl groups excluding tert-OH is 1. The molecule has 5 heteroatoms. The van der Waals surface area contributed by atoms with Gasteiger partial charge in [-0.2, -0.15) is 0 Å². The molecule has 0 fully saturated rings. The zero-order valence-electron chi connectivity index (χ0n) is 11.3. The summed E-state index contributed by atoms with van der Waals surface area (Å²) in [6, 6.07) is 9.82. The van der Waals surface area contributed by atoms with Crippen LogP contribution in [0.15, 0.2) is 35.3 Å². The lowest BCUT2D eigenvalue weighted by atomic mass is 10.0. The van der Waals surface area contributed by atoms with Gasteiger partial charge in [0.1, 0.15) is 0 Å². The molecule has 0 amide bonds. The Hall–Kier alpha value is -1.62. The van der Waals surface area contributed by atoms with E-state index in [1.807, 2.05) is 30.3 Å². The molecule has 1 aromatic carbocycles. The number of hydrogen-bond acceptors (Lipinski definition) is 2. The molecule has 0 aliphatic rings. The summed E-state index contributed by atoms with van der Waals surface area (Å²) in [5.41, 5.74) is 1.08. The first-order chi connectivity index (χ1) is 9.31. The number of rotatable bonds is 7. The fourth-order valence-electron chi connectivity index (χ4n) is 1.73. The summed E-state index contributed by atoms with van der Waals surface area (Å²) in [6.45, 7) is 0.854. The van der Waals surface area contributed by atoms with Crippen LogP contribution in [-0.2, 0) is 0 Å². The van der Waals surface area contributed by atoms with Crippen LogP contribution in [0, 0.1) is 0 Å². The third-order valence-corrected chi connectivity index (χ3v) is 2.83. The van der Waals surface area contributed by atoms with Crippen molar-refractivity contribution >= 4 is 5.96 Å². The molecule has 1 aromatic rings. The first kappa shape index (κ1) is 15.4. The van der Waals surface area contributed by atoms with Gasteiger partial charge in [-0.3, -0.25) is 9.38 Å². The molecule has 19 heavy (non-hydrogen) atoms. The minimum absolute atomic E-state index is 0.0147. The van der Waals surface area contributed by atoms with Gasteiger partial charge in [0.15, 0.2) is 5.96 Å². The van der Waals surface area contributed by atoms with Crippen LogP contribution in [0.3, 0.4) is 0 Å². The van der Waals surface area contributed by atoms with Gasteiger partial charge in [0.2, 0.25) is 0 Å². The van der Waals surface area contributed by atoms with Gasteiger partial charge >= 0.3 is 0 Å². The van der Waals surface area contributed by atoms with Crippen LogP contribution >= 0.6 is 0 Å². The molecule has 0 saturated carbocycles. The number of alkyl halides is 1. The Bertz CT molecular complexity index is 370. The fraction of sp³-hybridized carbons (Fsp3) is 0.500. The van der Waals surface area contributed by atoms with Gasteiger partial charge in [0.25, 0.3) is 0 Å². The lowest BCUT2D eigenvalue weighted by Gasteiger charge is -2.17. The summed E-state index contributed by atoms with van der Waals surface area (Å²) in [6.07, 6.45) is 0.461. The SMILES string of the molecule is CN=C(NCCCF)NCC(CO)c1ccccc1. The van der Waals surface area contributed by atoms with Crippen LogP contribution in [-0.4, -0.2) is 44.5 Å². The van der Waals surface area contributed by atoms with Gasteiger partial charge in [0.05, 0.1) is 13.3 Å². The Balaban J connectivity index is 2.44. The van der Waals surface area contributed by atoms with E-state index in [1.165, 1.54) is 0 Å². The summed E-state index contributed by atoms with van der Waals surface area (Å²) in [5.74, 6) is 0.642. The standard InChI is InChI=1S/C14H22FN3O/c1-16-14(17-9-5-8-15)18-10-13(11-19)12-6-3-2-4-7-12/h2-4,6-7,13,19H,5,8-11H2,1H3,(H2,16,17,18). The quantitative estimate of drug-likeness (QED) is 0.396. The predicted molar refractivity (Wildman–Crippen MR) is 76.2 cm³/mol. The normalized spacial score (nSPS) is 13.1. The molecular formula is C14H22FN3O. The minimum atomic E-state index is -0.340. The number of guanidine groups is 1. The highest BCUT2D eigenvalue weighted by molar-refractivity contribution is 5.79. The van der Waals surface area contributed by atoms with Crippen LogP contribution < -0.4 is 10.6 Å². The third kappa shape index (κ3) is 5.70. The molecule has 0 spiro atoms. The molecule has 0 aromatic heterocycles. The van der Waals surface area contributed by atoms with Gasteiger partial charge in [-0.25, -0.2) is 0 Å². The second kappa shape index (κ2) is 9.33. The van der Waals surface area contributed by atoms with Gasteiger partial charge in [0, 0.05) is 26.1 Å². The summed E-state index contributed by atoms with van der Waals surface area (Å²) in [5, 5.41) is 15.6. The topological polar surface area (TPSA) is 56.7 Å². The maximum Gasteiger partial charge on any atom is 0.191 e. The van der Waals surface area contributed by atoms with Crippen LogP contribution in [0.2, 0.25) is 0 Å². The molecule has 1 rings (SSSR count). The molecule has 106 valence electrons. The minimum Gasteiger partial charge on any atom is -0.396 e. The van der Waals surface area contributed by atoms with Crippen molar-refractivity contribution in [1.29, 1.82) is 0 Å². The van der Waals surface area contributed by atoms with Crippen molar-refractivity contribution in [2.75, 3.05) is 33.4 Å². The molecule has 0 heterocycles. The van der Waals surface area contributed by atoms with E-state index < -0.39 is 0 Å². The molecule has 0 bridgehead atoms. The highest BCUT2D eigenvalue weighted by Crippen LogP contribution is 2.13.